The van der Waals surface area contributed by atoms with Crippen LogP contribution in [0.2, 0.25) is 0 Å². The molecule has 0 amide bonds. The Labute approximate surface area is 172 Å². The van der Waals surface area contributed by atoms with E-state index >= 15 is 0 Å². The lowest BCUT2D eigenvalue weighted by Gasteiger charge is -2.52. The van der Waals surface area contributed by atoms with Crippen molar-refractivity contribution in [1.29, 1.82) is 5.26 Å². The fraction of sp³-hybridized carbons (Fsp3) is 0.962. The van der Waals surface area contributed by atoms with Gasteiger partial charge in [-0.15, -0.1) is 0 Å². The van der Waals surface area contributed by atoms with Crippen molar-refractivity contribution in [2.24, 2.45) is 40.9 Å². The number of nitrogens with zero attached hydrogens (tertiary/aromatic N) is 1. The molecule has 2 fully saturated rings. The molecule has 0 N–H and O–H groups in total. The molecule has 2 aliphatic carbocycles. The normalized spacial score (nSPS) is 37.9. The van der Waals surface area contributed by atoms with Gasteiger partial charge in [0.15, 0.2) is 0 Å². The number of nitriles is 1. The van der Waals surface area contributed by atoms with Crippen LogP contribution in [-0.2, 0) is 0 Å². The average molecular weight is 378 g/mol. The Kier molecular flexibility index (Phi) is 13.4. The minimum Gasteiger partial charge on any atom is -0.198 e. The van der Waals surface area contributed by atoms with Crippen molar-refractivity contribution in [1.82, 2.24) is 0 Å². The number of hydrogen-bond donors (Lipinski definition) is 0. The maximum Gasteiger partial charge on any atom is 0.0658 e. The highest BCUT2D eigenvalue weighted by atomic mass is 14.5. The van der Waals surface area contributed by atoms with E-state index in [0.717, 1.165) is 23.7 Å². The summed E-state index contributed by atoms with van der Waals surface area (Å²) in [5, 5.41) is 9.48. The van der Waals surface area contributed by atoms with Crippen molar-refractivity contribution in [3.63, 3.8) is 0 Å². The summed E-state index contributed by atoms with van der Waals surface area (Å²) in [6.07, 6.45) is 12.3. The van der Waals surface area contributed by atoms with Gasteiger partial charge in [0.1, 0.15) is 0 Å². The van der Waals surface area contributed by atoms with E-state index in [1.165, 1.54) is 57.8 Å². The van der Waals surface area contributed by atoms with Crippen molar-refractivity contribution in [3.8, 4) is 6.07 Å². The van der Waals surface area contributed by atoms with Gasteiger partial charge in [-0.3, -0.25) is 0 Å². The highest BCUT2D eigenvalue weighted by Gasteiger charge is 2.47. The van der Waals surface area contributed by atoms with Crippen LogP contribution in [0.25, 0.3) is 0 Å². The Hall–Kier alpha value is -0.510. The van der Waals surface area contributed by atoms with Gasteiger partial charge in [0.25, 0.3) is 0 Å². The predicted octanol–water partition coefficient (Wildman–Crippen LogP) is 8.88. The number of hydrogen-bond acceptors (Lipinski definition) is 1. The van der Waals surface area contributed by atoms with Crippen LogP contribution in [0.3, 0.4) is 0 Å². The smallest absolute Gasteiger partial charge is 0.0658 e. The van der Waals surface area contributed by atoms with Crippen molar-refractivity contribution in [2.45, 2.75) is 120 Å². The van der Waals surface area contributed by atoms with Crippen molar-refractivity contribution in [2.75, 3.05) is 0 Å². The molecule has 0 aromatic rings. The third-order valence-electron chi connectivity index (χ3n) is 7.76. The molecule has 27 heavy (non-hydrogen) atoms. The molecule has 0 aromatic heterocycles. The molecule has 0 bridgehead atoms. The molecule has 7 atom stereocenters. The minimum absolute atomic E-state index is 0.189. The quantitative estimate of drug-likeness (QED) is 0.447. The van der Waals surface area contributed by atoms with E-state index in [2.05, 4.69) is 54.5 Å². The van der Waals surface area contributed by atoms with E-state index in [1.807, 2.05) is 13.8 Å². The summed E-state index contributed by atoms with van der Waals surface area (Å²) in [5.41, 5.74) is 0.229. The molecule has 0 heterocycles. The van der Waals surface area contributed by atoms with Gasteiger partial charge in [-0.25, -0.2) is 0 Å². The van der Waals surface area contributed by atoms with Gasteiger partial charge in [0.2, 0.25) is 0 Å². The monoisotopic (exact) mass is 377 g/mol. The molecule has 0 aromatic carbocycles. The lowest BCUT2D eigenvalue weighted by Crippen LogP contribution is -2.45. The summed E-state index contributed by atoms with van der Waals surface area (Å²) in [6.45, 7) is 20.2. The topological polar surface area (TPSA) is 23.8 Å². The van der Waals surface area contributed by atoms with Gasteiger partial charge < -0.3 is 0 Å². The molecule has 2 aliphatic rings. The third-order valence-corrected chi connectivity index (χ3v) is 7.76. The molecule has 0 radical (unpaired) electrons. The molecule has 7 unspecified atom stereocenters. The zero-order chi connectivity index (χ0) is 21.0. The lowest BCUT2D eigenvalue weighted by atomic mass is 9.52. The first-order valence-electron chi connectivity index (χ1n) is 12.2. The average Bonchev–Trinajstić information content (AvgIpc) is 2.67. The largest absolute Gasteiger partial charge is 0.198 e. The molecule has 2 rings (SSSR count). The van der Waals surface area contributed by atoms with Gasteiger partial charge in [-0.05, 0) is 61.2 Å². The fourth-order valence-corrected chi connectivity index (χ4v) is 5.49. The van der Waals surface area contributed by atoms with E-state index in [9.17, 15) is 5.26 Å². The van der Waals surface area contributed by atoms with Crippen LogP contribution in [0.4, 0.5) is 0 Å². The first-order chi connectivity index (χ1) is 12.8. The Morgan fingerprint density at radius 1 is 0.926 bits per heavy atom. The summed E-state index contributed by atoms with van der Waals surface area (Å²) in [7, 11) is 0. The van der Waals surface area contributed by atoms with E-state index in [-0.39, 0.29) is 11.3 Å². The summed E-state index contributed by atoms with van der Waals surface area (Å²) < 4.78 is 0. The van der Waals surface area contributed by atoms with Crippen LogP contribution in [0.15, 0.2) is 0 Å². The van der Waals surface area contributed by atoms with Gasteiger partial charge >= 0.3 is 0 Å². The predicted molar refractivity (Wildman–Crippen MR) is 122 cm³/mol. The maximum atomic E-state index is 9.48. The first kappa shape index (κ1) is 26.5. The van der Waals surface area contributed by atoms with Gasteiger partial charge in [0.05, 0.1) is 6.07 Å². The highest BCUT2D eigenvalue weighted by Crippen LogP contribution is 2.54. The Bertz CT molecular complexity index is 409. The van der Waals surface area contributed by atoms with Crippen LogP contribution < -0.4 is 0 Å². The Morgan fingerprint density at radius 3 is 2.04 bits per heavy atom. The molecule has 1 heteroatoms. The van der Waals surface area contributed by atoms with E-state index < -0.39 is 0 Å². The first-order valence-corrected chi connectivity index (χ1v) is 12.2. The zero-order valence-corrected chi connectivity index (χ0v) is 20.3. The van der Waals surface area contributed by atoms with Crippen molar-refractivity contribution >= 4 is 0 Å². The molecular weight excluding hydrogens is 326 g/mol. The SMILES string of the molecule is CC.CC1CCCCC2C(CCC(C)(C(C)C#N)C2C)C(C)CC1.CCC. The molecule has 1 nitrogen and oxygen atoms in total. The molecule has 0 saturated heterocycles. The standard InChI is InChI=1S/C21H37N.C3H8.C2H6/c1-15-8-6-7-9-20-18(4)21(5,17(3)14-22)13-12-19(20)16(2)11-10-15;1-3-2;1-2/h15-20H,6-13H2,1-5H3;3H2,1-2H3;1-2H3. The van der Waals surface area contributed by atoms with E-state index in [4.69, 9.17) is 0 Å². The molecular formula is C26H51N. The van der Waals surface area contributed by atoms with E-state index in [1.54, 1.807) is 0 Å². The van der Waals surface area contributed by atoms with Crippen molar-refractivity contribution < 1.29 is 0 Å². The van der Waals surface area contributed by atoms with Gasteiger partial charge in [-0.1, -0.05) is 93.9 Å². The molecule has 2 saturated carbocycles. The third kappa shape index (κ3) is 7.44. The number of rotatable bonds is 1. The summed E-state index contributed by atoms with van der Waals surface area (Å²) in [5.74, 6) is 4.42. The summed E-state index contributed by atoms with van der Waals surface area (Å²) >= 11 is 0. The van der Waals surface area contributed by atoms with Crippen LogP contribution in [-0.4, -0.2) is 0 Å². The second-order valence-electron chi connectivity index (χ2n) is 9.66. The second kappa shape index (κ2) is 13.6. The van der Waals surface area contributed by atoms with Crippen LogP contribution in [0.5, 0.6) is 0 Å². The number of fused-ring (bicyclic) bond motifs is 1. The molecule has 0 spiro atoms. The summed E-state index contributed by atoms with van der Waals surface area (Å²) in [6, 6.07) is 2.57. The Morgan fingerprint density at radius 2 is 1.48 bits per heavy atom. The zero-order valence-electron chi connectivity index (χ0n) is 20.3. The molecule has 160 valence electrons. The van der Waals surface area contributed by atoms with Gasteiger partial charge in [-0.2, -0.15) is 5.26 Å². The minimum atomic E-state index is 0.189. The van der Waals surface area contributed by atoms with Gasteiger partial charge in [0, 0.05) is 5.92 Å². The second-order valence-corrected chi connectivity index (χ2v) is 9.66. The van der Waals surface area contributed by atoms with Crippen LogP contribution in [0, 0.1) is 52.3 Å². The Balaban J connectivity index is 0.00000123. The van der Waals surface area contributed by atoms with E-state index in [0.29, 0.717) is 5.92 Å². The summed E-state index contributed by atoms with van der Waals surface area (Å²) in [4.78, 5) is 0. The van der Waals surface area contributed by atoms with Crippen molar-refractivity contribution in [3.05, 3.63) is 0 Å². The van der Waals surface area contributed by atoms with Crippen LogP contribution in [0.1, 0.15) is 120 Å². The fourth-order valence-electron chi connectivity index (χ4n) is 5.49. The highest BCUT2D eigenvalue weighted by molar-refractivity contribution is 5.02. The lowest BCUT2D eigenvalue weighted by molar-refractivity contribution is -0.0242. The van der Waals surface area contributed by atoms with Crippen LogP contribution >= 0.6 is 0 Å². The maximum absolute atomic E-state index is 9.48. The molecule has 0 aliphatic heterocycles.